The van der Waals surface area contributed by atoms with Gasteiger partial charge in [0.2, 0.25) is 0 Å². The summed E-state index contributed by atoms with van der Waals surface area (Å²) in [5.41, 5.74) is 1.08. The van der Waals surface area contributed by atoms with Crippen LogP contribution in [0.3, 0.4) is 0 Å². The number of cyclic esters (lactones) is 1. The van der Waals surface area contributed by atoms with Gasteiger partial charge < -0.3 is 9.47 Å². The predicted molar refractivity (Wildman–Crippen MR) is 138 cm³/mol. The number of carbonyl (C=O) groups excluding carboxylic acids is 3. The quantitative estimate of drug-likeness (QED) is 0.519. The minimum absolute atomic E-state index is 0.0705. The Labute approximate surface area is 215 Å². The predicted octanol–water partition coefficient (Wildman–Crippen LogP) is 5.57. The lowest BCUT2D eigenvalue weighted by molar-refractivity contribution is -0.124. The number of hydrogen-bond acceptors (Lipinski definition) is 7. The second kappa shape index (κ2) is 10.00. The molecule has 1 aromatic carbocycles. The molecule has 194 valence electrons. The van der Waals surface area contributed by atoms with Crippen molar-refractivity contribution < 1.29 is 23.9 Å². The molecule has 1 aliphatic carbocycles. The average molecular weight is 514 g/mol. The SMILES string of the molecule is CC(C)(C)OC(=O)N1CC[C@@H](C2CCCCC2)[C@H]1C(=O)Cc1ccc2nc(N3CCOC3=O)sc2c1. The summed E-state index contributed by atoms with van der Waals surface area (Å²) in [5, 5.41) is 0.611. The highest BCUT2D eigenvalue weighted by Crippen LogP contribution is 2.40. The molecule has 36 heavy (non-hydrogen) atoms. The normalized spacial score (nSPS) is 23.4. The van der Waals surface area contributed by atoms with E-state index in [1.807, 2.05) is 39.0 Å². The Hall–Kier alpha value is -2.68. The third-order valence-corrected chi connectivity index (χ3v) is 8.51. The molecule has 2 amide bonds. The van der Waals surface area contributed by atoms with Crippen LogP contribution < -0.4 is 4.90 Å². The van der Waals surface area contributed by atoms with Gasteiger partial charge in [-0.3, -0.25) is 9.69 Å². The van der Waals surface area contributed by atoms with E-state index in [0.29, 0.717) is 30.7 Å². The van der Waals surface area contributed by atoms with Gasteiger partial charge in [-0.25, -0.2) is 19.5 Å². The Balaban J connectivity index is 1.37. The van der Waals surface area contributed by atoms with Gasteiger partial charge in [-0.05, 0) is 56.7 Å². The molecule has 3 heterocycles. The summed E-state index contributed by atoms with van der Waals surface area (Å²) in [7, 11) is 0. The summed E-state index contributed by atoms with van der Waals surface area (Å²) < 4.78 is 11.7. The summed E-state index contributed by atoms with van der Waals surface area (Å²) in [4.78, 5) is 46.6. The van der Waals surface area contributed by atoms with Crippen LogP contribution >= 0.6 is 11.3 Å². The van der Waals surface area contributed by atoms with Crippen molar-refractivity contribution in [1.29, 1.82) is 0 Å². The Bertz CT molecular complexity index is 1150. The van der Waals surface area contributed by atoms with Gasteiger partial charge >= 0.3 is 12.2 Å². The van der Waals surface area contributed by atoms with Crippen molar-refractivity contribution in [2.75, 3.05) is 24.6 Å². The number of fused-ring (bicyclic) bond motifs is 1. The number of ether oxygens (including phenoxy) is 2. The lowest BCUT2D eigenvalue weighted by Gasteiger charge is -2.34. The Morgan fingerprint density at radius 1 is 1.14 bits per heavy atom. The van der Waals surface area contributed by atoms with Crippen molar-refractivity contribution in [3.05, 3.63) is 23.8 Å². The van der Waals surface area contributed by atoms with Crippen LogP contribution in [0.25, 0.3) is 10.2 Å². The number of likely N-dealkylation sites (tertiary alicyclic amines) is 1. The number of anilines is 1. The number of ketones is 1. The summed E-state index contributed by atoms with van der Waals surface area (Å²) in [6, 6.07) is 5.36. The fourth-order valence-electron chi connectivity index (χ4n) is 5.87. The van der Waals surface area contributed by atoms with E-state index in [4.69, 9.17) is 9.47 Å². The maximum atomic E-state index is 13.8. The molecule has 1 aromatic heterocycles. The van der Waals surface area contributed by atoms with Gasteiger partial charge in [0.1, 0.15) is 12.2 Å². The Morgan fingerprint density at radius 2 is 1.92 bits per heavy atom. The van der Waals surface area contributed by atoms with Gasteiger partial charge in [0.25, 0.3) is 0 Å². The molecule has 8 nitrogen and oxygen atoms in total. The summed E-state index contributed by atoms with van der Waals surface area (Å²) >= 11 is 1.43. The fraction of sp³-hybridized carbons (Fsp3) is 0.630. The number of rotatable bonds is 5. The van der Waals surface area contributed by atoms with Crippen LogP contribution in [-0.4, -0.2) is 59.2 Å². The van der Waals surface area contributed by atoms with E-state index < -0.39 is 11.6 Å². The fourth-order valence-corrected chi connectivity index (χ4v) is 6.91. The van der Waals surface area contributed by atoms with Crippen LogP contribution in [0.5, 0.6) is 0 Å². The number of benzene rings is 1. The van der Waals surface area contributed by atoms with E-state index >= 15 is 0 Å². The summed E-state index contributed by atoms with van der Waals surface area (Å²) in [5.74, 6) is 0.735. The number of nitrogens with zero attached hydrogens (tertiary/aromatic N) is 3. The lowest BCUT2D eigenvalue weighted by atomic mass is 9.75. The van der Waals surface area contributed by atoms with Crippen molar-refractivity contribution in [2.24, 2.45) is 11.8 Å². The van der Waals surface area contributed by atoms with E-state index in [9.17, 15) is 14.4 Å². The first-order chi connectivity index (χ1) is 17.2. The average Bonchev–Trinajstić information content (AvgIpc) is 3.55. The molecule has 0 spiro atoms. The summed E-state index contributed by atoms with van der Waals surface area (Å²) in [6.07, 6.45) is 6.25. The molecule has 2 aromatic rings. The van der Waals surface area contributed by atoms with Gasteiger partial charge in [0.15, 0.2) is 10.9 Å². The van der Waals surface area contributed by atoms with Crippen LogP contribution in [0, 0.1) is 11.8 Å². The van der Waals surface area contributed by atoms with Gasteiger partial charge in [-0.1, -0.05) is 49.5 Å². The monoisotopic (exact) mass is 513 g/mol. The van der Waals surface area contributed by atoms with Crippen molar-refractivity contribution in [2.45, 2.75) is 77.4 Å². The standard InChI is InChI=1S/C27H35N3O5S/c1-27(2,3)35-26(33)29-12-11-19(18-7-5-4-6-8-18)23(29)21(31)15-17-9-10-20-22(16-17)36-24(28-20)30-13-14-34-25(30)32/h9-10,16,18-19,23H,4-8,11-15H2,1-3H3/t19-,23-/m0/s1. The molecule has 0 N–H and O–H groups in total. The molecular weight excluding hydrogens is 478 g/mol. The molecule has 3 fully saturated rings. The first-order valence-electron chi connectivity index (χ1n) is 13.1. The number of thiazole rings is 1. The number of Topliss-reactive ketones (excluding diaryl/α,β-unsaturated/α-hetero) is 1. The molecule has 9 heteroatoms. The van der Waals surface area contributed by atoms with E-state index in [1.54, 1.807) is 9.80 Å². The molecule has 5 rings (SSSR count). The zero-order valence-electron chi connectivity index (χ0n) is 21.3. The lowest BCUT2D eigenvalue weighted by Crippen LogP contribution is -2.47. The van der Waals surface area contributed by atoms with Crippen molar-refractivity contribution in [3.63, 3.8) is 0 Å². The minimum Gasteiger partial charge on any atom is -0.447 e. The van der Waals surface area contributed by atoms with E-state index in [1.165, 1.54) is 30.6 Å². The molecule has 0 radical (unpaired) electrons. The van der Waals surface area contributed by atoms with Gasteiger partial charge in [0.05, 0.1) is 22.8 Å². The van der Waals surface area contributed by atoms with Crippen molar-refractivity contribution in [3.8, 4) is 0 Å². The number of hydrogen-bond donors (Lipinski definition) is 0. The van der Waals surface area contributed by atoms with Crippen LogP contribution in [0.15, 0.2) is 18.2 Å². The van der Waals surface area contributed by atoms with Gasteiger partial charge in [-0.15, -0.1) is 0 Å². The highest BCUT2D eigenvalue weighted by molar-refractivity contribution is 7.22. The first-order valence-corrected chi connectivity index (χ1v) is 13.9. The van der Waals surface area contributed by atoms with E-state index in [2.05, 4.69) is 4.98 Å². The molecular formula is C27H35N3O5S. The third kappa shape index (κ3) is 5.21. The van der Waals surface area contributed by atoms with Crippen LogP contribution in [0.4, 0.5) is 14.7 Å². The molecule has 2 aliphatic heterocycles. The number of carbonyl (C=O) groups is 3. The molecule has 1 saturated carbocycles. The second-order valence-electron chi connectivity index (χ2n) is 11.2. The number of amides is 2. The second-order valence-corrected chi connectivity index (χ2v) is 12.2. The third-order valence-electron chi connectivity index (χ3n) is 7.47. The summed E-state index contributed by atoms with van der Waals surface area (Å²) in [6.45, 7) is 7.00. The maximum Gasteiger partial charge on any atom is 0.416 e. The molecule has 0 unspecified atom stereocenters. The molecule has 2 atom stereocenters. The van der Waals surface area contributed by atoms with Crippen molar-refractivity contribution >= 4 is 44.7 Å². The zero-order valence-corrected chi connectivity index (χ0v) is 22.1. The topological polar surface area (TPSA) is 89.0 Å². The zero-order chi connectivity index (χ0) is 25.4. The van der Waals surface area contributed by atoms with Crippen molar-refractivity contribution in [1.82, 2.24) is 9.88 Å². The van der Waals surface area contributed by atoms with E-state index in [0.717, 1.165) is 35.0 Å². The first kappa shape index (κ1) is 25.0. The Kier molecular flexibility index (Phi) is 6.94. The molecule has 0 bridgehead atoms. The van der Waals surface area contributed by atoms with Crippen LogP contribution in [-0.2, 0) is 20.7 Å². The van der Waals surface area contributed by atoms with E-state index in [-0.39, 0.29) is 30.3 Å². The van der Waals surface area contributed by atoms with Gasteiger partial charge in [0, 0.05) is 13.0 Å². The number of aromatic nitrogens is 1. The molecule has 2 saturated heterocycles. The largest absolute Gasteiger partial charge is 0.447 e. The van der Waals surface area contributed by atoms with Gasteiger partial charge in [-0.2, -0.15) is 0 Å². The maximum absolute atomic E-state index is 13.8. The highest BCUT2D eigenvalue weighted by Gasteiger charge is 2.46. The molecule has 3 aliphatic rings. The smallest absolute Gasteiger partial charge is 0.416 e. The van der Waals surface area contributed by atoms with Crippen LogP contribution in [0.2, 0.25) is 0 Å². The Morgan fingerprint density at radius 3 is 2.61 bits per heavy atom. The highest BCUT2D eigenvalue weighted by atomic mass is 32.1. The van der Waals surface area contributed by atoms with Crippen LogP contribution in [0.1, 0.15) is 64.9 Å². The minimum atomic E-state index is -0.607.